The number of carbonyl (C=O) groups excluding carboxylic acids is 2. The first-order valence-electron chi connectivity index (χ1n) is 8.70. The van der Waals surface area contributed by atoms with Gasteiger partial charge in [0.05, 0.1) is 0 Å². The van der Waals surface area contributed by atoms with Gasteiger partial charge in [0.1, 0.15) is 12.4 Å². The van der Waals surface area contributed by atoms with Gasteiger partial charge in [-0.15, -0.1) is 0 Å². The van der Waals surface area contributed by atoms with Crippen LogP contribution in [0.1, 0.15) is 18.2 Å². The molecular weight excluding hydrogens is 347 g/mol. The Morgan fingerprint density at radius 2 is 1.85 bits per heavy atom. The fourth-order valence-corrected chi connectivity index (χ4v) is 2.91. The van der Waals surface area contributed by atoms with Gasteiger partial charge in [0.25, 0.3) is 5.91 Å². The maximum atomic E-state index is 12.9. The summed E-state index contributed by atoms with van der Waals surface area (Å²) in [6, 6.07) is 15.6. The third kappa shape index (κ3) is 4.53. The molecule has 1 aromatic heterocycles. The lowest BCUT2D eigenvalue weighted by atomic mass is 10.2. The molecule has 27 heavy (non-hydrogen) atoms. The van der Waals surface area contributed by atoms with E-state index in [1.165, 1.54) is 19.1 Å². The van der Waals surface area contributed by atoms with E-state index < -0.39 is 18.0 Å². The Balaban J connectivity index is 1.55. The summed E-state index contributed by atoms with van der Waals surface area (Å²) in [6.07, 6.45) is -0.917. The van der Waals surface area contributed by atoms with Crippen LogP contribution in [0.15, 0.2) is 54.6 Å². The Labute approximate surface area is 156 Å². The van der Waals surface area contributed by atoms with Crippen molar-refractivity contribution in [1.29, 1.82) is 0 Å². The van der Waals surface area contributed by atoms with E-state index in [9.17, 15) is 14.0 Å². The molecule has 1 amide bonds. The fraction of sp³-hybridized carbons (Fsp3) is 0.238. The molecule has 0 saturated carbocycles. The van der Waals surface area contributed by atoms with Gasteiger partial charge in [-0.3, -0.25) is 9.59 Å². The number of halogens is 1. The number of esters is 1. The summed E-state index contributed by atoms with van der Waals surface area (Å²) in [5.74, 6) is -1.22. The number of rotatable bonds is 6. The Morgan fingerprint density at radius 3 is 2.59 bits per heavy atom. The zero-order valence-corrected chi connectivity index (χ0v) is 15.2. The molecule has 6 heteroatoms. The van der Waals surface area contributed by atoms with Crippen molar-refractivity contribution >= 4 is 22.8 Å². The van der Waals surface area contributed by atoms with Gasteiger partial charge in [0, 0.05) is 17.8 Å². The molecule has 1 heterocycles. The van der Waals surface area contributed by atoms with Crippen molar-refractivity contribution in [2.75, 3.05) is 0 Å². The smallest absolute Gasteiger partial charge is 0.326 e. The van der Waals surface area contributed by atoms with Crippen molar-refractivity contribution < 1.29 is 18.7 Å². The van der Waals surface area contributed by atoms with E-state index in [0.29, 0.717) is 0 Å². The standard InChI is InChI=1S/C21H21FN2O3/c1-14-11-17-5-3-4-6-19(17)24(14)13-20(25)27-15(2)21(26)23-12-16-7-9-18(22)10-8-16/h3-11,15H,12-13H2,1-2H3,(H,23,26). The maximum absolute atomic E-state index is 12.9. The van der Waals surface area contributed by atoms with Crippen LogP contribution < -0.4 is 5.32 Å². The monoisotopic (exact) mass is 368 g/mol. The van der Waals surface area contributed by atoms with Crippen LogP contribution in [0, 0.1) is 12.7 Å². The number of aryl methyl sites for hydroxylation is 1. The number of hydrogen-bond donors (Lipinski definition) is 1. The Bertz CT molecular complexity index is 963. The molecule has 0 spiro atoms. The van der Waals surface area contributed by atoms with E-state index in [4.69, 9.17) is 4.74 Å². The van der Waals surface area contributed by atoms with Crippen LogP contribution in [0.4, 0.5) is 4.39 Å². The lowest BCUT2D eigenvalue weighted by molar-refractivity contribution is -0.155. The fourth-order valence-electron chi connectivity index (χ4n) is 2.91. The van der Waals surface area contributed by atoms with Gasteiger partial charge >= 0.3 is 5.97 Å². The Morgan fingerprint density at radius 1 is 1.15 bits per heavy atom. The molecule has 0 aliphatic carbocycles. The molecule has 1 atom stereocenters. The average Bonchev–Trinajstić information content (AvgIpc) is 2.96. The number of para-hydroxylation sites is 1. The molecule has 1 N–H and O–H groups in total. The highest BCUT2D eigenvalue weighted by Gasteiger charge is 2.19. The molecule has 1 unspecified atom stereocenters. The van der Waals surface area contributed by atoms with Gasteiger partial charge in [0.15, 0.2) is 6.10 Å². The lowest BCUT2D eigenvalue weighted by Crippen LogP contribution is -2.36. The largest absolute Gasteiger partial charge is 0.451 e. The van der Waals surface area contributed by atoms with Crippen molar-refractivity contribution in [2.45, 2.75) is 33.0 Å². The topological polar surface area (TPSA) is 60.3 Å². The van der Waals surface area contributed by atoms with E-state index >= 15 is 0 Å². The molecule has 0 aliphatic rings. The predicted molar refractivity (Wildman–Crippen MR) is 100 cm³/mol. The molecule has 0 radical (unpaired) electrons. The van der Waals surface area contributed by atoms with E-state index in [1.54, 1.807) is 12.1 Å². The van der Waals surface area contributed by atoms with Gasteiger partial charge in [-0.2, -0.15) is 0 Å². The van der Waals surface area contributed by atoms with Crippen molar-refractivity contribution in [3.63, 3.8) is 0 Å². The van der Waals surface area contributed by atoms with Gasteiger partial charge < -0.3 is 14.6 Å². The number of aromatic nitrogens is 1. The average molecular weight is 368 g/mol. The van der Waals surface area contributed by atoms with Crippen LogP contribution in [-0.2, 0) is 27.4 Å². The van der Waals surface area contributed by atoms with E-state index in [-0.39, 0.29) is 18.9 Å². The van der Waals surface area contributed by atoms with E-state index in [2.05, 4.69) is 5.32 Å². The number of amides is 1. The van der Waals surface area contributed by atoms with Gasteiger partial charge in [0.2, 0.25) is 0 Å². The number of benzene rings is 2. The molecular formula is C21H21FN2O3. The molecule has 0 aliphatic heterocycles. The number of nitrogens with zero attached hydrogens (tertiary/aromatic N) is 1. The number of nitrogens with one attached hydrogen (secondary N) is 1. The van der Waals surface area contributed by atoms with Gasteiger partial charge in [-0.05, 0) is 49.1 Å². The third-order valence-corrected chi connectivity index (χ3v) is 4.36. The number of hydrogen-bond acceptors (Lipinski definition) is 3. The molecule has 0 saturated heterocycles. The SMILES string of the molecule is Cc1cc2ccccc2n1CC(=O)OC(C)C(=O)NCc1ccc(F)cc1. The van der Waals surface area contributed by atoms with Gasteiger partial charge in [-0.25, -0.2) is 4.39 Å². The first-order valence-corrected chi connectivity index (χ1v) is 8.70. The van der Waals surface area contributed by atoms with Crippen LogP contribution >= 0.6 is 0 Å². The first-order chi connectivity index (χ1) is 12.9. The Hall–Kier alpha value is -3.15. The lowest BCUT2D eigenvalue weighted by Gasteiger charge is -2.15. The quantitative estimate of drug-likeness (QED) is 0.679. The number of ether oxygens (including phenoxy) is 1. The van der Waals surface area contributed by atoms with Crippen LogP contribution in [0.5, 0.6) is 0 Å². The summed E-state index contributed by atoms with van der Waals surface area (Å²) in [4.78, 5) is 24.4. The Kier molecular flexibility index (Phi) is 5.54. The van der Waals surface area contributed by atoms with Crippen molar-refractivity contribution in [2.24, 2.45) is 0 Å². The maximum Gasteiger partial charge on any atom is 0.326 e. The minimum Gasteiger partial charge on any atom is -0.451 e. The molecule has 3 aromatic rings. The normalized spacial score (nSPS) is 12.0. The highest BCUT2D eigenvalue weighted by Crippen LogP contribution is 2.19. The number of carbonyl (C=O) groups is 2. The van der Waals surface area contributed by atoms with Crippen LogP contribution in [0.25, 0.3) is 10.9 Å². The van der Waals surface area contributed by atoms with E-state index in [0.717, 1.165) is 22.2 Å². The summed E-state index contributed by atoms with van der Waals surface area (Å²) in [5, 5.41) is 3.73. The molecule has 0 fully saturated rings. The van der Waals surface area contributed by atoms with Crippen LogP contribution in [0.3, 0.4) is 0 Å². The summed E-state index contributed by atoms with van der Waals surface area (Å²) < 4.78 is 20.0. The predicted octanol–water partition coefficient (Wildman–Crippen LogP) is 3.34. The minimum atomic E-state index is -0.917. The highest BCUT2D eigenvalue weighted by atomic mass is 19.1. The molecule has 0 bridgehead atoms. The second-order valence-electron chi connectivity index (χ2n) is 6.41. The zero-order valence-electron chi connectivity index (χ0n) is 15.2. The molecule has 3 rings (SSSR count). The van der Waals surface area contributed by atoms with Crippen LogP contribution in [0.2, 0.25) is 0 Å². The van der Waals surface area contributed by atoms with Crippen LogP contribution in [-0.4, -0.2) is 22.5 Å². The highest BCUT2D eigenvalue weighted by molar-refractivity contribution is 5.85. The second-order valence-corrected chi connectivity index (χ2v) is 6.41. The molecule has 5 nitrogen and oxygen atoms in total. The first kappa shape index (κ1) is 18.6. The second kappa shape index (κ2) is 8.03. The summed E-state index contributed by atoms with van der Waals surface area (Å²) in [5.41, 5.74) is 2.65. The zero-order chi connectivity index (χ0) is 19.4. The minimum absolute atomic E-state index is 0.0366. The number of fused-ring (bicyclic) bond motifs is 1. The summed E-state index contributed by atoms with van der Waals surface area (Å²) in [6.45, 7) is 3.72. The summed E-state index contributed by atoms with van der Waals surface area (Å²) in [7, 11) is 0. The van der Waals surface area contributed by atoms with Crippen molar-refractivity contribution in [1.82, 2.24) is 9.88 Å². The third-order valence-electron chi connectivity index (χ3n) is 4.36. The van der Waals surface area contributed by atoms with Crippen molar-refractivity contribution in [3.05, 3.63) is 71.7 Å². The summed E-state index contributed by atoms with van der Waals surface area (Å²) >= 11 is 0. The molecule has 2 aromatic carbocycles. The van der Waals surface area contributed by atoms with Gasteiger partial charge in [-0.1, -0.05) is 30.3 Å². The van der Waals surface area contributed by atoms with E-state index in [1.807, 2.05) is 41.8 Å². The molecule has 140 valence electrons. The van der Waals surface area contributed by atoms with Crippen molar-refractivity contribution in [3.8, 4) is 0 Å².